The summed E-state index contributed by atoms with van der Waals surface area (Å²) in [6.45, 7) is 6.86. The maximum atomic E-state index is 10.5. The Bertz CT molecular complexity index is 693. The van der Waals surface area contributed by atoms with Gasteiger partial charge in [-0.05, 0) is 62.3 Å². The Hall–Kier alpha value is -1.39. The van der Waals surface area contributed by atoms with Crippen LogP contribution < -0.4 is 0 Å². The van der Waals surface area contributed by atoms with Crippen molar-refractivity contribution in [2.75, 3.05) is 13.1 Å². The van der Waals surface area contributed by atoms with E-state index in [1.165, 1.54) is 36.9 Å². The summed E-state index contributed by atoms with van der Waals surface area (Å²) in [4.78, 5) is 6.98. The molecular formula is C18H25N3O. The zero-order valence-electron chi connectivity index (χ0n) is 13.5. The summed E-state index contributed by atoms with van der Waals surface area (Å²) >= 11 is 0. The number of likely N-dealkylation sites (tertiary alicyclic amines) is 1. The molecule has 1 aromatic carbocycles. The highest BCUT2D eigenvalue weighted by atomic mass is 16.3. The van der Waals surface area contributed by atoms with Gasteiger partial charge in [0.25, 0.3) is 0 Å². The highest BCUT2D eigenvalue weighted by Gasteiger charge is 2.38. The van der Waals surface area contributed by atoms with Crippen LogP contribution in [0, 0.1) is 19.8 Å². The minimum absolute atomic E-state index is 0.321. The molecule has 4 nitrogen and oxygen atoms in total. The van der Waals surface area contributed by atoms with Gasteiger partial charge in [-0.2, -0.15) is 0 Å². The number of aromatic nitrogens is 2. The van der Waals surface area contributed by atoms with Crippen LogP contribution in [0.3, 0.4) is 0 Å². The molecule has 2 heterocycles. The first-order valence-corrected chi connectivity index (χ1v) is 8.44. The van der Waals surface area contributed by atoms with E-state index in [2.05, 4.69) is 40.4 Å². The molecule has 1 saturated heterocycles. The first kappa shape index (κ1) is 14.2. The largest absolute Gasteiger partial charge is 0.390 e. The molecule has 0 spiro atoms. The Morgan fingerprint density at radius 2 is 2.05 bits per heavy atom. The van der Waals surface area contributed by atoms with Crippen LogP contribution in [0.5, 0.6) is 0 Å². The van der Waals surface area contributed by atoms with E-state index in [1.807, 2.05) is 6.33 Å². The third-order valence-electron chi connectivity index (χ3n) is 5.61. The Balaban J connectivity index is 1.47. The molecule has 2 aliphatic rings. The first-order valence-electron chi connectivity index (χ1n) is 8.44. The van der Waals surface area contributed by atoms with Gasteiger partial charge < -0.3 is 9.67 Å². The number of piperidine rings is 1. The second kappa shape index (κ2) is 5.36. The summed E-state index contributed by atoms with van der Waals surface area (Å²) < 4.78 is 2.10. The van der Waals surface area contributed by atoms with Crippen LogP contribution in [0.4, 0.5) is 0 Å². The molecule has 1 aromatic heterocycles. The fraction of sp³-hybridized carbons (Fsp3) is 0.611. The maximum absolute atomic E-state index is 10.5. The van der Waals surface area contributed by atoms with E-state index in [-0.39, 0.29) is 6.10 Å². The monoisotopic (exact) mass is 299 g/mol. The van der Waals surface area contributed by atoms with E-state index < -0.39 is 0 Å². The Morgan fingerprint density at radius 1 is 1.23 bits per heavy atom. The number of nitrogens with zero attached hydrogens (tertiary/aromatic N) is 3. The van der Waals surface area contributed by atoms with E-state index in [1.54, 1.807) is 0 Å². The van der Waals surface area contributed by atoms with E-state index in [9.17, 15) is 5.11 Å². The molecule has 0 amide bonds. The molecule has 3 atom stereocenters. The van der Waals surface area contributed by atoms with Gasteiger partial charge in [0.2, 0.25) is 0 Å². The van der Waals surface area contributed by atoms with Crippen LogP contribution in [-0.2, 0) is 6.54 Å². The van der Waals surface area contributed by atoms with Crippen LogP contribution in [-0.4, -0.2) is 44.8 Å². The van der Waals surface area contributed by atoms with Crippen molar-refractivity contribution in [2.45, 2.75) is 51.8 Å². The average molecular weight is 299 g/mol. The van der Waals surface area contributed by atoms with E-state index in [0.29, 0.717) is 6.54 Å². The van der Waals surface area contributed by atoms with Crippen molar-refractivity contribution in [3.8, 4) is 0 Å². The Morgan fingerprint density at radius 3 is 2.77 bits per heavy atom. The van der Waals surface area contributed by atoms with Gasteiger partial charge in [0, 0.05) is 19.1 Å². The Labute approximate surface area is 131 Å². The molecule has 3 unspecified atom stereocenters. The van der Waals surface area contributed by atoms with Crippen molar-refractivity contribution in [3.05, 3.63) is 29.6 Å². The van der Waals surface area contributed by atoms with Crippen molar-refractivity contribution in [1.29, 1.82) is 0 Å². The van der Waals surface area contributed by atoms with Gasteiger partial charge in [0.1, 0.15) is 0 Å². The molecule has 4 heteroatoms. The number of hydrogen-bond acceptors (Lipinski definition) is 3. The standard InChI is InChI=1S/C18H25N3O/c1-12-5-17-18(6-13(12)2)21(11-19-17)10-16(22)9-20-8-14-3-4-15(20)7-14/h5-6,11,14-16,22H,3-4,7-10H2,1-2H3. The second-order valence-corrected chi connectivity index (χ2v) is 7.26. The van der Waals surface area contributed by atoms with Gasteiger partial charge in [0.05, 0.1) is 30.0 Å². The minimum Gasteiger partial charge on any atom is -0.390 e. The fourth-order valence-corrected chi connectivity index (χ4v) is 4.26. The van der Waals surface area contributed by atoms with Gasteiger partial charge in [-0.1, -0.05) is 0 Å². The summed E-state index contributed by atoms with van der Waals surface area (Å²) in [5.74, 6) is 0.886. The summed E-state index contributed by atoms with van der Waals surface area (Å²) in [5, 5.41) is 10.5. The molecule has 0 radical (unpaired) electrons. The molecule has 2 bridgehead atoms. The van der Waals surface area contributed by atoms with E-state index in [4.69, 9.17) is 0 Å². The van der Waals surface area contributed by atoms with Crippen LogP contribution in [0.2, 0.25) is 0 Å². The topological polar surface area (TPSA) is 41.3 Å². The number of aliphatic hydroxyl groups excluding tert-OH is 1. The number of benzene rings is 1. The average Bonchev–Trinajstić information content (AvgIpc) is 3.17. The van der Waals surface area contributed by atoms with Crippen molar-refractivity contribution in [1.82, 2.24) is 14.5 Å². The van der Waals surface area contributed by atoms with Crippen LogP contribution in [0.1, 0.15) is 30.4 Å². The van der Waals surface area contributed by atoms with E-state index in [0.717, 1.165) is 29.5 Å². The quantitative estimate of drug-likeness (QED) is 0.943. The molecule has 2 aromatic rings. The SMILES string of the molecule is Cc1cc2ncn(CC(O)CN3CC4CCC3C4)c2cc1C. The minimum atomic E-state index is -0.321. The molecular weight excluding hydrogens is 274 g/mol. The number of hydrogen-bond donors (Lipinski definition) is 1. The van der Waals surface area contributed by atoms with Gasteiger partial charge in [0.15, 0.2) is 0 Å². The molecule has 1 aliphatic heterocycles. The Kier molecular flexibility index (Phi) is 3.46. The highest BCUT2D eigenvalue weighted by Crippen LogP contribution is 2.37. The molecule has 118 valence electrons. The van der Waals surface area contributed by atoms with Crippen LogP contribution in [0.15, 0.2) is 18.5 Å². The predicted octanol–water partition coefficient (Wildman–Crippen LogP) is 2.50. The van der Waals surface area contributed by atoms with Gasteiger partial charge in [-0.25, -0.2) is 4.98 Å². The molecule has 22 heavy (non-hydrogen) atoms. The summed E-state index contributed by atoms with van der Waals surface area (Å²) in [6, 6.07) is 5.04. The first-order chi connectivity index (χ1) is 10.6. The number of fused-ring (bicyclic) bond motifs is 3. The van der Waals surface area contributed by atoms with Crippen molar-refractivity contribution >= 4 is 11.0 Å². The third-order valence-corrected chi connectivity index (χ3v) is 5.61. The number of aryl methyl sites for hydroxylation is 2. The lowest BCUT2D eigenvalue weighted by Gasteiger charge is -2.29. The number of rotatable bonds is 4. The van der Waals surface area contributed by atoms with Gasteiger partial charge in [-0.15, -0.1) is 0 Å². The zero-order valence-corrected chi connectivity index (χ0v) is 13.5. The lowest BCUT2D eigenvalue weighted by molar-refractivity contribution is 0.0831. The van der Waals surface area contributed by atoms with Gasteiger partial charge >= 0.3 is 0 Å². The summed E-state index contributed by atoms with van der Waals surface area (Å²) in [5.41, 5.74) is 4.70. The normalized spacial score (nSPS) is 26.1. The molecule has 2 fully saturated rings. The summed E-state index contributed by atoms with van der Waals surface area (Å²) in [7, 11) is 0. The maximum Gasteiger partial charge on any atom is 0.0959 e. The van der Waals surface area contributed by atoms with Crippen LogP contribution in [0.25, 0.3) is 11.0 Å². The lowest BCUT2D eigenvalue weighted by atomic mass is 10.1. The molecule has 1 saturated carbocycles. The number of aliphatic hydroxyl groups is 1. The van der Waals surface area contributed by atoms with E-state index >= 15 is 0 Å². The van der Waals surface area contributed by atoms with Crippen LogP contribution >= 0.6 is 0 Å². The molecule has 4 rings (SSSR count). The molecule has 1 aliphatic carbocycles. The van der Waals surface area contributed by atoms with Gasteiger partial charge in [-0.3, -0.25) is 4.90 Å². The van der Waals surface area contributed by atoms with Crippen molar-refractivity contribution in [2.24, 2.45) is 5.92 Å². The second-order valence-electron chi connectivity index (χ2n) is 7.26. The summed E-state index contributed by atoms with van der Waals surface area (Å²) in [6.07, 6.45) is 5.60. The van der Waals surface area contributed by atoms with Crippen molar-refractivity contribution in [3.63, 3.8) is 0 Å². The number of β-amino-alcohol motifs (C(OH)–C–C–N with tert-alkyl or cyclic N) is 1. The lowest BCUT2D eigenvalue weighted by Crippen LogP contribution is -2.39. The predicted molar refractivity (Wildman–Crippen MR) is 87.9 cm³/mol. The fourth-order valence-electron chi connectivity index (χ4n) is 4.26. The zero-order chi connectivity index (χ0) is 15.3. The smallest absolute Gasteiger partial charge is 0.0959 e. The van der Waals surface area contributed by atoms with Crippen molar-refractivity contribution < 1.29 is 5.11 Å². The molecule has 1 N–H and O–H groups in total. The third kappa shape index (κ3) is 2.44. The number of imidazole rings is 1. The highest BCUT2D eigenvalue weighted by molar-refractivity contribution is 5.77.